The van der Waals surface area contributed by atoms with Gasteiger partial charge in [0, 0.05) is 19.2 Å². The van der Waals surface area contributed by atoms with Crippen LogP contribution in [0.5, 0.6) is 0 Å². The monoisotopic (exact) mass is 252 g/mol. The van der Waals surface area contributed by atoms with Gasteiger partial charge in [-0.2, -0.15) is 4.98 Å². The average Bonchev–Trinajstić information content (AvgIpc) is 2.27. The fraction of sp³-hybridized carbons (Fsp3) is 0.667. The average molecular weight is 252 g/mol. The highest BCUT2D eigenvalue weighted by Crippen LogP contribution is 2.22. The lowest BCUT2D eigenvalue weighted by Gasteiger charge is -2.31. The number of nitrogen functional groups attached to an aromatic ring is 1. The number of hydrogen-bond acceptors (Lipinski definition) is 6. The van der Waals surface area contributed by atoms with Crippen LogP contribution in [0, 0.1) is 0 Å². The Balaban J connectivity index is 2.30. The Morgan fingerprint density at radius 2 is 2.22 bits per heavy atom. The first-order valence-electron chi connectivity index (χ1n) is 6.10. The molecule has 1 aromatic rings. The second-order valence-electron chi connectivity index (χ2n) is 5.16. The quantitative estimate of drug-likeness (QED) is 0.798. The molecule has 6 nitrogen and oxygen atoms in total. The molecule has 1 aliphatic heterocycles. The summed E-state index contributed by atoms with van der Waals surface area (Å²) in [6.07, 6.45) is 0.148. The van der Waals surface area contributed by atoms with E-state index in [0.29, 0.717) is 24.1 Å². The number of morpholine rings is 1. The predicted octanol–water partition coefficient (Wildman–Crippen LogP) is 0.511. The molecule has 0 aliphatic carbocycles. The Morgan fingerprint density at radius 3 is 2.83 bits per heavy atom. The Kier molecular flexibility index (Phi) is 3.41. The number of aromatic nitrogens is 2. The zero-order chi connectivity index (χ0) is 13.3. The van der Waals surface area contributed by atoms with Crippen molar-refractivity contribution in [3.63, 3.8) is 0 Å². The Labute approximate surface area is 107 Å². The second-order valence-corrected chi connectivity index (χ2v) is 5.16. The lowest BCUT2D eigenvalue weighted by Crippen LogP contribution is -2.42. The third-order valence-electron chi connectivity index (χ3n) is 2.88. The van der Waals surface area contributed by atoms with Gasteiger partial charge in [0.1, 0.15) is 11.4 Å². The molecule has 6 heteroatoms. The van der Waals surface area contributed by atoms with Crippen molar-refractivity contribution < 1.29 is 9.84 Å². The SMILES string of the molecule is C[C@@H]1CN(c2nc(N)cc(C(C)(C)O)n2)CCO1. The number of hydrogen-bond donors (Lipinski definition) is 2. The van der Waals surface area contributed by atoms with Crippen LogP contribution < -0.4 is 10.6 Å². The summed E-state index contributed by atoms with van der Waals surface area (Å²) >= 11 is 0. The van der Waals surface area contributed by atoms with Crippen LogP contribution in [0.1, 0.15) is 26.5 Å². The van der Waals surface area contributed by atoms with Crippen LogP contribution in [0.3, 0.4) is 0 Å². The van der Waals surface area contributed by atoms with E-state index in [9.17, 15) is 5.11 Å². The van der Waals surface area contributed by atoms with Crippen molar-refractivity contribution in [1.29, 1.82) is 0 Å². The van der Waals surface area contributed by atoms with E-state index in [2.05, 4.69) is 9.97 Å². The molecule has 0 radical (unpaired) electrons. The zero-order valence-corrected chi connectivity index (χ0v) is 11.1. The molecule has 100 valence electrons. The predicted molar refractivity (Wildman–Crippen MR) is 69.3 cm³/mol. The van der Waals surface area contributed by atoms with Crippen LogP contribution in [0.2, 0.25) is 0 Å². The van der Waals surface area contributed by atoms with E-state index in [-0.39, 0.29) is 6.10 Å². The fourth-order valence-electron chi connectivity index (χ4n) is 1.91. The van der Waals surface area contributed by atoms with Crippen LogP contribution in [0.15, 0.2) is 6.07 Å². The van der Waals surface area contributed by atoms with Gasteiger partial charge in [-0.25, -0.2) is 4.98 Å². The highest BCUT2D eigenvalue weighted by atomic mass is 16.5. The van der Waals surface area contributed by atoms with Gasteiger partial charge >= 0.3 is 0 Å². The molecule has 0 unspecified atom stereocenters. The molecule has 0 spiro atoms. The molecule has 1 aromatic heterocycles. The minimum Gasteiger partial charge on any atom is -0.384 e. The number of aliphatic hydroxyl groups is 1. The van der Waals surface area contributed by atoms with E-state index in [4.69, 9.17) is 10.5 Å². The van der Waals surface area contributed by atoms with Crippen molar-refractivity contribution in [2.24, 2.45) is 0 Å². The zero-order valence-electron chi connectivity index (χ0n) is 11.1. The normalized spacial score (nSPS) is 21.1. The molecule has 0 amide bonds. The van der Waals surface area contributed by atoms with Crippen molar-refractivity contribution in [2.45, 2.75) is 32.5 Å². The first-order valence-corrected chi connectivity index (χ1v) is 6.10. The fourth-order valence-corrected chi connectivity index (χ4v) is 1.91. The lowest BCUT2D eigenvalue weighted by atomic mass is 10.1. The molecule has 1 fully saturated rings. The smallest absolute Gasteiger partial charge is 0.227 e. The molecule has 18 heavy (non-hydrogen) atoms. The lowest BCUT2D eigenvalue weighted by molar-refractivity contribution is 0.0523. The topological polar surface area (TPSA) is 84.5 Å². The summed E-state index contributed by atoms with van der Waals surface area (Å²) in [7, 11) is 0. The summed E-state index contributed by atoms with van der Waals surface area (Å²) in [5, 5.41) is 10.00. The summed E-state index contributed by atoms with van der Waals surface area (Å²) in [5.41, 5.74) is 5.28. The highest BCUT2D eigenvalue weighted by Gasteiger charge is 2.23. The van der Waals surface area contributed by atoms with E-state index in [1.165, 1.54) is 0 Å². The van der Waals surface area contributed by atoms with Crippen molar-refractivity contribution >= 4 is 11.8 Å². The van der Waals surface area contributed by atoms with Crippen molar-refractivity contribution in [3.8, 4) is 0 Å². The van der Waals surface area contributed by atoms with Gasteiger partial charge < -0.3 is 20.5 Å². The number of nitrogens with zero attached hydrogens (tertiary/aromatic N) is 3. The van der Waals surface area contributed by atoms with Gasteiger partial charge in [0.2, 0.25) is 5.95 Å². The summed E-state index contributed by atoms with van der Waals surface area (Å²) < 4.78 is 5.48. The van der Waals surface area contributed by atoms with Crippen LogP contribution >= 0.6 is 0 Å². The minimum absolute atomic E-state index is 0.148. The molecule has 0 bridgehead atoms. The number of anilines is 2. The maximum Gasteiger partial charge on any atom is 0.227 e. The van der Waals surface area contributed by atoms with E-state index in [1.807, 2.05) is 11.8 Å². The third kappa shape index (κ3) is 2.88. The molecule has 3 N–H and O–H groups in total. The van der Waals surface area contributed by atoms with Crippen LogP contribution in [0.4, 0.5) is 11.8 Å². The molecular formula is C12H20N4O2. The van der Waals surface area contributed by atoms with Crippen LogP contribution in [-0.2, 0) is 10.3 Å². The van der Waals surface area contributed by atoms with Gasteiger partial charge in [0.25, 0.3) is 0 Å². The van der Waals surface area contributed by atoms with Gasteiger partial charge in [-0.1, -0.05) is 0 Å². The van der Waals surface area contributed by atoms with Gasteiger partial charge in [-0.3, -0.25) is 0 Å². The Bertz CT molecular complexity index is 431. The van der Waals surface area contributed by atoms with Gasteiger partial charge in [-0.05, 0) is 20.8 Å². The molecule has 0 aromatic carbocycles. The van der Waals surface area contributed by atoms with E-state index >= 15 is 0 Å². The number of nitrogens with two attached hydrogens (primary N) is 1. The molecule has 1 atom stereocenters. The number of rotatable bonds is 2. The molecule has 1 saturated heterocycles. The standard InChI is InChI=1S/C12H20N4O2/c1-8-7-16(4-5-18-8)11-14-9(12(2,3)17)6-10(13)15-11/h6,8,17H,4-5,7H2,1-3H3,(H2,13,14,15)/t8-/m1/s1. The first-order chi connectivity index (χ1) is 8.36. The summed E-state index contributed by atoms with van der Waals surface area (Å²) in [6, 6.07) is 1.60. The van der Waals surface area contributed by atoms with Crippen molar-refractivity contribution in [2.75, 3.05) is 30.3 Å². The summed E-state index contributed by atoms with van der Waals surface area (Å²) in [4.78, 5) is 10.7. The minimum atomic E-state index is -1.02. The highest BCUT2D eigenvalue weighted by molar-refractivity contribution is 5.42. The maximum atomic E-state index is 10.00. The number of ether oxygens (including phenoxy) is 1. The van der Waals surface area contributed by atoms with Gasteiger partial charge in [0.05, 0.1) is 18.4 Å². The van der Waals surface area contributed by atoms with Gasteiger partial charge in [0.15, 0.2) is 0 Å². The van der Waals surface area contributed by atoms with Crippen LogP contribution in [0.25, 0.3) is 0 Å². The molecule has 2 rings (SSSR count). The van der Waals surface area contributed by atoms with E-state index < -0.39 is 5.60 Å². The van der Waals surface area contributed by atoms with E-state index in [1.54, 1.807) is 19.9 Å². The molecule has 1 aliphatic rings. The summed E-state index contributed by atoms with van der Waals surface area (Å²) in [5.74, 6) is 0.929. The largest absolute Gasteiger partial charge is 0.384 e. The van der Waals surface area contributed by atoms with Crippen molar-refractivity contribution in [1.82, 2.24) is 9.97 Å². The second kappa shape index (κ2) is 4.70. The van der Waals surface area contributed by atoms with Crippen LogP contribution in [-0.4, -0.2) is 40.9 Å². The Morgan fingerprint density at radius 1 is 1.50 bits per heavy atom. The summed E-state index contributed by atoms with van der Waals surface area (Å²) in [6.45, 7) is 7.49. The van der Waals surface area contributed by atoms with Gasteiger partial charge in [-0.15, -0.1) is 0 Å². The van der Waals surface area contributed by atoms with E-state index in [0.717, 1.165) is 13.1 Å². The molecule has 2 heterocycles. The molecule has 0 saturated carbocycles. The first kappa shape index (κ1) is 13.0. The third-order valence-corrected chi connectivity index (χ3v) is 2.88. The van der Waals surface area contributed by atoms with Crippen molar-refractivity contribution in [3.05, 3.63) is 11.8 Å². The maximum absolute atomic E-state index is 10.00. The molecular weight excluding hydrogens is 232 g/mol. The Hall–Kier alpha value is -1.40.